The zero-order valence-electron chi connectivity index (χ0n) is 10.2. The maximum Gasteiger partial charge on any atom is 0.328 e. The van der Waals surface area contributed by atoms with E-state index in [4.69, 9.17) is 21.7 Å². The zero-order valence-corrected chi connectivity index (χ0v) is 11.4. The van der Waals surface area contributed by atoms with Gasteiger partial charge in [-0.1, -0.05) is 32.6 Å². The summed E-state index contributed by atoms with van der Waals surface area (Å²) in [4.78, 5) is 0. The molecule has 2 atom stereocenters. The van der Waals surface area contributed by atoms with E-state index in [1.165, 1.54) is 0 Å². The van der Waals surface area contributed by atoms with E-state index in [1.807, 2.05) is 13.8 Å². The van der Waals surface area contributed by atoms with Crippen molar-refractivity contribution in [3.63, 3.8) is 0 Å². The maximum absolute atomic E-state index is 5.72. The highest BCUT2D eigenvalue weighted by Gasteiger charge is 2.32. The molecular weight excluding hydrogens is 204 g/mol. The molecule has 0 aliphatic heterocycles. The Morgan fingerprint density at radius 2 is 1.33 bits per heavy atom. The van der Waals surface area contributed by atoms with Crippen LogP contribution in [-0.4, -0.2) is 21.5 Å². The molecule has 0 rings (SSSR count). The van der Waals surface area contributed by atoms with E-state index in [9.17, 15) is 0 Å². The minimum absolute atomic E-state index is 0.0176. The average molecular weight is 224 g/mol. The fourth-order valence-electron chi connectivity index (χ4n) is 0.890. The van der Waals surface area contributed by atoms with Gasteiger partial charge >= 0.3 is 9.28 Å². The van der Waals surface area contributed by atoms with E-state index in [0.717, 1.165) is 0 Å². The molecule has 0 heterocycles. The normalized spacial score (nSPS) is 17.3. The summed E-state index contributed by atoms with van der Waals surface area (Å²) in [7, 11) is -1.86. The zero-order chi connectivity index (χ0) is 12.1. The van der Waals surface area contributed by atoms with Crippen molar-refractivity contribution in [1.29, 1.82) is 0 Å². The van der Waals surface area contributed by atoms with Crippen molar-refractivity contribution in [1.82, 2.24) is 0 Å². The summed E-state index contributed by atoms with van der Waals surface area (Å²) in [5, 5.41) is -0.0176. The Kier molecular flexibility index (Phi) is 5.68. The van der Waals surface area contributed by atoms with Crippen LogP contribution in [0.25, 0.3) is 0 Å². The number of rotatable bonds is 4. The SMILES string of the molecule is C#CC(C)O[SiH](OC(C)C#C)C(C)(C)C. The molecule has 0 aromatic carbocycles. The van der Waals surface area contributed by atoms with Crippen molar-refractivity contribution in [2.24, 2.45) is 0 Å². The first kappa shape index (κ1) is 14.3. The van der Waals surface area contributed by atoms with Crippen molar-refractivity contribution in [3.05, 3.63) is 0 Å². The van der Waals surface area contributed by atoms with Gasteiger partial charge in [0, 0.05) is 5.04 Å². The van der Waals surface area contributed by atoms with Gasteiger partial charge in [-0.2, -0.15) is 0 Å². The van der Waals surface area contributed by atoms with Gasteiger partial charge in [0.05, 0.1) is 0 Å². The third kappa shape index (κ3) is 5.64. The molecule has 0 bridgehead atoms. The van der Waals surface area contributed by atoms with Gasteiger partial charge in [-0.25, -0.2) is 0 Å². The van der Waals surface area contributed by atoms with Gasteiger partial charge in [0.2, 0.25) is 0 Å². The fraction of sp³-hybridized carbons (Fsp3) is 0.667. The van der Waals surface area contributed by atoms with Crippen molar-refractivity contribution in [2.75, 3.05) is 0 Å². The first-order valence-corrected chi connectivity index (χ1v) is 6.56. The lowest BCUT2D eigenvalue weighted by atomic mass is 10.3. The molecule has 0 aromatic rings. The average Bonchev–Trinajstić information content (AvgIpc) is 2.14. The fourth-order valence-corrected chi connectivity index (χ4v) is 2.67. The van der Waals surface area contributed by atoms with Gasteiger partial charge < -0.3 is 8.85 Å². The topological polar surface area (TPSA) is 18.5 Å². The maximum atomic E-state index is 5.72. The Hall–Kier alpha value is -0.743. The molecule has 0 fully saturated rings. The molecule has 0 aliphatic carbocycles. The molecule has 0 aliphatic rings. The van der Waals surface area contributed by atoms with Crippen LogP contribution in [0.5, 0.6) is 0 Å². The molecule has 0 N–H and O–H groups in total. The Morgan fingerprint density at radius 3 is 1.53 bits per heavy atom. The minimum atomic E-state index is -1.86. The Morgan fingerprint density at radius 1 is 1.00 bits per heavy atom. The Labute approximate surface area is 95.2 Å². The number of terminal acetylenes is 2. The molecule has 0 aromatic heterocycles. The second kappa shape index (κ2) is 5.98. The number of hydrogen-bond donors (Lipinski definition) is 0. The van der Waals surface area contributed by atoms with Crippen molar-refractivity contribution >= 4 is 9.28 Å². The van der Waals surface area contributed by atoms with Crippen LogP contribution in [0.15, 0.2) is 0 Å². The molecule has 0 amide bonds. The summed E-state index contributed by atoms with van der Waals surface area (Å²) in [5.74, 6) is 5.08. The van der Waals surface area contributed by atoms with Crippen LogP contribution >= 0.6 is 0 Å². The van der Waals surface area contributed by atoms with Gasteiger partial charge in [0.15, 0.2) is 0 Å². The standard InChI is InChI=1S/C12H20O2Si/c1-8-10(3)13-15(12(5,6)7)14-11(4)9-2/h1-2,10-11,15H,3-7H3. The van der Waals surface area contributed by atoms with Crippen LogP contribution in [0.2, 0.25) is 5.04 Å². The van der Waals surface area contributed by atoms with Crippen LogP contribution in [-0.2, 0) is 8.85 Å². The minimum Gasteiger partial charge on any atom is -0.382 e. The molecule has 0 saturated heterocycles. The van der Waals surface area contributed by atoms with Crippen molar-refractivity contribution in [2.45, 2.75) is 51.9 Å². The highest BCUT2D eigenvalue weighted by atomic mass is 28.3. The summed E-state index contributed by atoms with van der Waals surface area (Å²) in [6, 6.07) is 0. The van der Waals surface area contributed by atoms with Crippen molar-refractivity contribution < 1.29 is 8.85 Å². The highest BCUT2D eigenvalue weighted by molar-refractivity contribution is 6.48. The first-order chi connectivity index (χ1) is 6.81. The lowest BCUT2D eigenvalue weighted by Gasteiger charge is -2.30. The van der Waals surface area contributed by atoms with Gasteiger partial charge in [-0.05, 0) is 13.8 Å². The first-order valence-electron chi connectivity index (χ1n) is 5.04. The van der Waals surface area contributed by atoms with Gasteiger partial charge in [-0.15, -0.1) is 12.8 Å². The molecule has 2 nitrogen and oxygen atoms in total. The van der Waals surface area contributed by atoms with E-state index in [0.29, 0.717) is 0 Å². The molecule has 0 saturated carbocycles. The summed E-state index contributed by atoms with van der Waals surface area (Å²) in [6.07, 6.45) is 10.1. The van der Waals surface area contributed by atoms with Crippen LogP contribution in [0.1, 0.15) is 34.6 Å². The van der Waals surface area contributed by atoms with E-state index in [-0.39, 0.29) is 17.2 Å². The van der Waals surface area contributed by atoms with Crippen LogP contribution in [0.3, 0.4) is 0 Å². The number of hydrogen-bond acceptors (Lipinski definition) is 2. The summed E-state index contributed by atoms with van der Waals surface area (Å²) in [5.41, 5.74) is 0. The van der Waals surface area contributed by atoms with Gasteiger partial charge in [-0.3, -0.25) is 0 Å². The predicted octanol–water partition coefficient (Wildman–Crippen LogP) is 2.08. The van der Waals surface area contributed by atoms with Crippen LogP contribution in [0.4, 0.5) is 0 Å². The summed E-state index contributed by atoms with van der Waals surface area (Å²) in [6.45, 7) is 9.92. The van der Waals surface area contributed by atoms with Crippen molar-refractivity contribution in [3.8, 4) is 24.7 Å². The highest BCUT2D eigenvalue weighted by Crippen LogP contribution is 2.29. The molecule has 84 valence electrons. The molecule has 3 heteroatoms. The quantitative estimate of drug-likeness (QED) is 0.538. The predicted molar refractivity (Wildman–Crippen MR) is 65.6 cm³/mol. The lowest BCUT2D eigenvalue weighted by molar-refractivity contribution is 0.143. The van der Waals surface area contributed by atoms with Crippen LogP contribution in [0, 0.1) is 24.7 Å². The largest absolute Gasteiger partial charge is 0.382 e. The monoisotopic (exact) mass is 224 g/mol. The Balaban J connectivity index is 4.49. The lowest BCUT2D eigenvalue weighted by Crippen LogP contribution is -2.38. The van der Waals surface area contributed by atoms with Gasteiger partial charge in [0.1, 0.15) is 12.2 Å². The molecule has 0 radical (unpaired) electrons. The second-order valence-corrected chi connectivity index (χ2v) is 7.53. The van der Waals surface area contributed by atoms with E-state index >= 15 is 0 Å². The van der Waals surface area contributed by atoms with Crippen LogP contribution < -0.4 is 0 Å². The molecule has 0 spiro atoms. The second-order valence-electron chi connectivity index (χ2n) is 4.59. The summed E-state index contributed by atoms with van der Waals surface area (Å²) < 4.78 is 11.4. The van der Waals surface area contributed by atoms with Gasteiger partial charge in [0.25, 0.3) is 0 Å². The van der Waals surface area contributed by atoms with E-state index in [2.05, 4.69) is 32.6 Å². The molecule has 2 unspecified atom stereocenters. The smallest absolute Gasteiger partial charge is 0.328 e. The van der Waals surface area contributed by atoms with E-state index in [1.54, 1.807) is 0 Å². The third-order valence-corrected chi connectivity index (χ3v) is 4.56. The molecule has 15 heavy (non-hydrogen) atoms. The Bertz CT molecular complexity index is 245. The molecular formula is C12H20O2Si. The van der Waals surface area contributed by atoms with E-state index < -0.39 is 9.28 Å². The third-order valence-electron chi connectivity index (χ3n) is 1.83. The summed E-state index contributed by atoms with van der Waals surface area (Å²) >= 11 is 0.